The van der Waals surface area contributed by atoms with Gasteiger partial charge < -0.3 is 10.1 Å². The number of nitrogens with zero attached hydrogens (tertiary/aromatic N) is 1. The lowest BCUT2D eigenvalue weighted by molar-refractivity contribution is -0.137. The molecule has 0 aromatic heterocycles. The lowest BCUT2D eigenvalue weighted by Gasteiger charge is -2.46. The lowest BCUT2D eigenvalue weighted by atomic mass is 9.61. The standard InChI is InChI=1S/C19H24N2O2S/c1-12-4-5-13-11-18(8-6-14(23-3)7-9-18)19(15(13)10-12)16(22)21(2)17(24)20-19/h4-5,10,14H,6-9,11H2,1-3H3,(H,20,24). The van der Waals surface area contributed by atoms with Gasteiger partial charge >= 0.3 is 0 Å². The molecule has 1 aromatic carbocycles. The summed E-state index contributed by atoms with van der Waals surface area (Å²) >= 11 is 5.46. The summed E-state index contributed by atoms with van der Waals surface area (Å²) in [4.78, 5) is 15.0. The number of methoxy groups -OCH3 is 1. The molecular formula is C19H24N2O2S. The summed E-state index contributed by atoms with van der Waals surface area (Å²) in [6, 6.07) is 6.52. The van der Waals surface area contributed by atoms with Crippen molar-refractivity contribution in [1.29, 1.82) is 0 Å². The average molecular weight is 344 g/mol. The predicted molar refractivity (Wildman–Crippen MR) is 96.8 cm³/mol. The van der Waals surface area contributed by atoms with Gasteiger partial charge in [0.25, 0.3) is 5.91 Å². The normalized spacial score (nSPS) is 35.0. The summed E-state index contributed by atoms with van der Waals surface area (Å²) in [5, 5.41) is 4.02. The van der Waals surface area contributed by atoms with E-state index >= 15 is 0 Å². The van der Waals surface area contributed by atoms with E-state index in [2.05, 4.69) is 30.4 Å². The molecule has 1 aliphatic heterocycles. The van der Waals surface area contributed by atoms with Crippen LogP contribution in [0.25, 0.3) is 0 Å². The Labute approximate surface area is 148 Å². The Bertz CT molecular complexity index is 724. The maximum Gasteiger partial charge on any atom is 0.259 e. The van der Waals surface area contributed by atoms with Crippen LogP contribution in [0.4, 0.5) is 0 Å². The van der Waals surface area contributed by atoms with Gasteiger partial charge in [-0.3, -0.25) is 9.69 Å². The highest BCUT2D eigenvalue weighted by molar-refractivity contribution is 7.80. The van der Waals surface area contributed by atoms with Gasteiger partial charge in [-0.2, -0.15) is 0 Å². The summed E-state index contributed by atoms with van der Waals surface area (Å²) in [7, 11) is 3.57. The predicted octanol–water partition coefficient (Wildman–Crippen LogP) is 2.67. The molecule has 1 atom stereocenters. The average Bonchev–Trinajstić information content (AvgIpc) is 2.97. The maximum atomic E-state index is 13.4. The van der Waals surface area contributed by atoms with Crippen LogP contribution < -0.4 is 5.32 Å². The Morgan fingerprint density at radius 2 is 2.04 bits per heavy atom. The molecule has 1 saturated heterocycles. The SMILES string of the molecule is COC1CCC2(CC1)Cc1ccc(C)cc1C21NC(=S)N(C)C1=O. The zero-order valence-corrected chi connectivity index (χ0v) is 15.3. The Hall–Kier alpha value is -1.46. The molecule has 3 aliphatic rings. The number of fused-ring (bicyclic) bond motifs is 3. The minimum atomic E-state index is -0.696. The van der Waals surface area contributed by atoms with Crippen molar-refractivity contribution in [3.05, 3.63) is 34.9 Å². The molecule has 2 aliphatic carbocycles. The van der Waals surface area contributed by atoms with E-state index < -0.39 is 5.54 Å². The fourth-order valence-electron chi connectivity index (χ4n) is 5.09. The molecule has 0 bridgehead atoms. The molecule has 2 fully saturated rings. The van der Waals surface area contributed by atoms with Crippen molar-refractivity contribution < 1.29 is 9.53 Å². The number of carbonyl (C=O) groups excluding carboxylic acids is 1. The Kier molecular flexibility index (Phi) is 3.52. The molecule has 1 N–H and O–H groups in total. The minimum absolute atomic E-state index is 0.104. The third-order valence-electron chi connectivity index (χ3n) is 6.44. The molecule has 1 aromatic rings. The van der Waals surface area contributed by atoms with Crippen LogP contribution in [0, 0.1) is 12.3 Å². The fourth-order valence-corrected chi connectivity index (χ4v) is 5.33. The van der Waals surface area contributed by atoms with Gasteiger partial charge in [0.2, 0.25) is 0 Å². The fraction of sp³-hybridized carbons (Fsp3) is 0.579. The molecular weight excluding hydrogens is 320 g/mol. The number of amides is 1. The first kappa shape index (κ1) is 16.0. The molecule has 0 radical (unpaired) electrons. The minimum Gasteiger partial charge on any atom is -0.381 e. The summed E-state index contributed by atoms with van der Waals surface area (Å²) in [6.07, 6.45) is 5.20. The van der Waals surface area contributed by atoms with E-state index in [0.717, 1.165) is 37.7 Å². The Balaban J connectivity index is 1.87. The van der Waals surface area contributed by atoms with Crippen LogP contribution in [0.5, 0.6) is 0 Å². The Morgan fingerprint density at radius 3 is 2.62 bits per heavy atom. The highest BCUT2D eigenvalue weighted by atomic mass is 32.1. The smallest absolute Gasteiger partial charge is 0.259 e. The number of thiocarbonyl (C=S) groups is 1. The monoisotopic (exact) mass is 344 g/mol. The van der Waals surface area contributed by atoms with E-state index in [1.165, 1.54) is 11.1 Å². The van der Waals surface area contributed by atoms with Gasteiger partial charge in [0.1, 0.15) is 0 Å². The van der Waals surface area contributed by atoms with Gasteiger partial charge in [0.05, 0.1) is 6.10 Å². The quantitative estimate of drug-likeness (QED) is 0.796. The number of ether oxygens (including phenoxy) is 1. The largest absolute Gasteiger partial charge is 0.381 e. The molecule has 4 nitrogen and oxygen atoms in total. The second-order valence-corrected chi connectivity index (χ2v) is 7.98. The number of hydrogen-bond donors (Lipinski definition) is 1. The van der Waals surface area contributed by atoms with Crippen LogP contribution in [0.1, 0.15) is 42.4 Å². The second-order valence-electron chi connectivity index (χ2n) is 7.60. The number of rotatable bonds is 1. The second kappa shape index (κ2) is 5.27. The topological polar surface area (TPSA) is 41.6 Å². The van der Waals surface area contributed by atoms with Crippen LogP contribution in [-0.2, 0) is 21.5 Å². The number of carbonyl (C=O) groups is 1. The van der Waals surface area contributed by atoms with Crippen LogP contribution in [0.3, 0.4) is 0 Å². The number of likely N-dealkylation sites (N-methyl/N-ethyl adjacent to an activating group) is 1. The van der Waals surface area contributed by atoms with E-state index in [1.807, 2.05) is 0 Å². The molecule has 1 amide bonds. The Morgan fingerprint density at radius 1 is 1.33 bits per heavy atom. The van der Waals surface area contributed by atoms with Crippen LogP contribution in [0.2, 0.25) is 0 Å². The molecule has 4 rings (SSSR count). The zero-order chi connectivity index (χ0) is 17.1. The molecule has 1 heterocycles. The van der Waals surface area contributed by atoms with E-state index in [9.17, 15) is 4.79 Å². The van der Waals surface area contributed by atoms with Crippen molar-refractivity contribution in [3.8, 4) is 0 Å². The number of hydrogen-bond acceptors (Lipinski definition) is 3. The number of aryl methyl sites for hydroxylation is 1. The molecule has 128 valence electrons. The maximum absolute atomic E-state index is 13.4. The van der Waals surface area contributed by atoms with Crippen molar-refractivity contribution in [3.63, 3.8) is 0 Å². The summed E-state index contributed by atoms with van der Waals surface area (Å²) in [5.41, 5.74) is 2.81. The van der Waals surface area contributed by atoms with Crippen molar-refractivity contribution in [2.75, 3.05) is 14.2 Å². The summed E-state index contributed by atoms with van der Waals surface area (Å²) < 4.78 is 5.57. The molecule has 1 unspecified atom stereocenters. The van der Waals surface area contributed by atoms with Gasteiger partial charge in [-0.15, -0.1) is 0 Å². The molecule has 2 spiro atoms. The van der Waals surface area contributed by atoms with Gasteiger partial charge in [-0.1, -0.05) is 23.8 Å². The first-order valence-electron chi connectivity index (χ1n) is 8.67. The van der Waals surface area contributed by atoms with Crippen LogP contribution in [0.15, 0.2) is 18.2 Å². The summed E-state index contributed by atoms with van der Waals surface area (Å²) in [6.45, 7) is 2.09. The first-order valence-corrected chi connectivity index (χ1v) is 9.07. The van der Waals surface area contributed by atoms with E-state index in [4.69, 9.17) is 17.0 Å². The number of nitrogens with one attached hydrogen (secondary N) is 1. The van der Waals surface area contributed by atoms with Gasteiger partial charge in [0.15, 0.2) is 10.7 Å². The third kappa shape index (κ3) is 1.88. The zero-order valence-electron chi connectivity index (χ0n) is 14.5. The highest BCUT2D eigenvalue weighted by Gasteiger charge is 2.66. The highest BCUT2D eigenvalue weighted by Crippen LogP contribution is 2.59. The van der Waals surface area contributed by atoms with Crippen molar-refractivity contribution >= 4 is 23.2 Å². The lowest BCUT2D eigenvalue weighted by Crippen LogP contribution is -2.56. The van der Waals surface area contributed by atoms with Crippen LogP contribution in [-0.4, -0.2) is 36.2 Å². The van der Waals surface area contributed by atoms with Crippen molar-refractivity contribution in [1.82, 2.24) is 10.2 Å². The molecule has 5 heteroatoms. The van der Waals surface area contributed by atoms with E-state index in [-0.39, 0.29) is 11.3 Å². The van der Waals surface area contributed by atoms with Gasteiger partial charge in [0, 0.05) is 19.6 Å². The van der Waals surface area contributed by atoms with Gasteiger partial charge in [-0.05, 0) is 62.4 Å². The number of benzene rings is 1. The van der Waals surface area contributed by atoms with E-state index in [0.29, 0.717) is 11.2 Å². The first-order chi connectivity index (χ1) is 11.4. The summed E-state index contributed by atoms with van der Waals surface area (Å²) in [5.74, 6) is 0.104. The van der Waals surface area contributed by atoms with E-state index in [1.54, 1.807) is 19.1 Å². The molecule has 1 saturated carbocycles. The molecule has 24 heavy (non-hydrogen) atoms. The van der Waals surface area contributed by atoms with Crippen molar-refractivity contribution in [2.45, 2.75) is 50.7 Å². The third-order valence-corrected chi connectivity index (χ3v) is 6.82. The van der Waals surface area contributed by atoms with Crippen molar-refractivity contribution in [2.24, 2.45) is 5.41 Å². The van der Waals surface area contributed by atoms with Crippen LogP contribution >= 0.6 is 12.2 Å². The van der Waals surface area contributed by atoms with Gasteiger partial charge in [-0.25, -0.2) is 0 Å².